The third-order valence-electron chi connectivity index (χ3n) is 0.951. The van der Waals surface area contributed by atoms with Crippen LogP contribution in [0.15, 0.2) is 28.7 Å². The minimum absolute atomic E-state index is 0. The molecule has 0 N–H and O–H groups in total. The molecule has 0 fully saturated rings. The SMILES string of the molecule is [Na+].[O-]/N=C\C=C\c1cccs1. The standard InChI is InChI=1S/C7H7NOS.Na/c9-8-5-1-3-7-4-2-6-10-7;/h1-6,9H;/q;+1/p-1/b3-1+,8-5-;. The smallest absolute Gasteiger partial charge is 0.792 e. The Labute approximate surface area is 91.5 Å². The van der Waals surface area contributed by atoms with Gasteiger partial charge in [-0.2, -0.15) is 0 Å². The van der Waals surface area contributed by atoms with Crippen molar-refractivity contribution in [3.63, 3.8) is 0 Å². The van der Waals surface area contributed by atoms with E-state index in [0.717, 1.165) is 4.88 Å². The van der Waals surface area contributed by atoms with Crippen LogP contribution in [0.1, 0.15) is 4.88 Å². The summed E-state index contributed by atoms with van der Waals surface area (Å²) in [5.74, 6) is 0. The number of thiophene rings is 1. The third-order valence-corrected chi connectivity index (χ3v) is 1.79. The van der Waals surface area contributed by atoms with E-state index in [4.69, 9.17) is 0 Å². The van der Waals surface area contributed by atoms with Crippen molar-refractivity contribution in [1.82, 2.24) is 0 Å². The Bertz CT molecular complexity index is 231. The van der Waals surface area contributed by atoms with Gasteiger partial charge in [0.15, 0.2) is 0 Å². The summed E-state index contributed by atoms with van der Waals surface area (Å²) in [4.78, 5) is 1.12. The van der Waals surface area contributed by atoms with E-state index >= 15 is 0 Å². The van der Waals surface area contributed by atoms with Crippen molar-refractivity contribution in [2.45, 2.75) is 0 Å². The third kappa shape index (κ3) is 4.37. The molecule has 0 aliphatic carbocycles. The molecule has 0 saturated heterocycles. The first-order valence-corrected chi connectivity index (χ1v) is 3.67. The van der Waals surface area contributed by atoms with E-state index in [9.17, 15) is 5.21 Å². The summed E-state index contributed by atoms with van der Waals surface area (Å²) in [6, 6.07) is 3.93. The summed E-state index contributed by atoms with van der Waals surface area (Å²) < 4.78 is 0. The molecule has 0 aliphatic rings. The Balaban J connectivity index is 0.000001000. The normalized spacial score (nSPS) is 10.5. The summed E-state index contributed by atoms with van der Waals surface area (Å²) in [5.41, 5.74) is 0. The molecule has 1 aromatic rings. The van der Waals surface area contributed by atoms with E-state index in [2.05, 4.69) is 5.16 Å². The Hall–Kier alpha value is -0.0900. The molecule has 0 radical (unpaired) electrons. The predicted octanol–water partition coefficient (Wildman–Crippen LogP) is -0.666. The fourth-order valence-electron chi connectivity index (χ4n) is 0.559. The van der Waals surface area contributed by atoms with Gasteiger partial charge in [0.05, 0.1) is 0 Å². The van der Waals surface area contributed by atoms with Crippen LogP contribution in [0.3, 0.4) is 0 Å². The van der Waals surface area contributed by atoms with Crippen molar-refractivity contribution in [3.8, 4) is 0 Å². The average Bonchev–Trinajstić information content (AvgIpc) is 2.41. The van der Waals surface area contributed by atoms with E-state index in [1.54, 1.807) is 17.4 Å². The largest absolute Gasteiger partial charge is 1.00 e. The average molecular weight is 175 g/mol. The molecule has 0 saturated carbocycles. The maximum absolute atomic E-state index is 9.58. The van der Waals surface area contributed by atoms with E-state index < -0.39 is 0 Å². The van der Waals surface area contributed by atoms with Crippen LogP contribution in [0.5, 0.6) is 0 Å². The van der Waals surface area contributed by atoms with Crippen LogP contribution >= 0.6 is 11.3 Å². The maximum atomic E-state index is 9.58. The molecule has 4 heteroatoms. The van der Waals surface area contributed by atoms with Crippen molar-refractivity contribution in [2.75, 3.05) is 0 Å². The van der Waals surface area contributed by atoms with Gasteiger partial charge in [0.25, 0.3) is 0 Å². The zero-order valence-corrected chi connectivity index (χ0v) is 9.04. The molecule has 2 nitrogen and oxygen atoms in total. The second-order valence-corrected chi connectivity index (χ2v) is 2.61. The van der Waals surface area contributed by atoms with Crippen LogP contribution in [-0.2, 0) is 0 Å². The number of hydrogen-bond donors (Lipinski definition) is 0. The van der Waals surface area contributed by atoms with Crippen LogP contribution in [-0.4, -0.2) is 6.21 Å². The van der Waals surface area contributed by atoms with Crippen molar-refractivity contribution >= 4 is 23.6 Å². The van der Waals surface area contributed by atoms with Crippen LogP contribution < -0.4 is 29.6 Å². The van der Waals surface area contributed by atoms with Gasteiger partial charge in [-0.1, -0.05) is 6.07 Å². The molecule has 1 rings (SSSR count). The molecular formula is C7H6NNaOS. The summed E-state index contributed by atoms with van der Waals surface area (Å²) in [6.45, 7) is 0. The van der Waals surface area contributed by atoms with Crippen molar-refractivity contribution in [3.05, 3.63) is 33.7 Å². The first kappa shape index (κ1) is 10.9. The number of rotatable bonds is 2. The zero-order chi connectivity index (χ0) is 7.23. The predicted molar refractivity (Wildman–Crippen MR) is 45.2 cm³/mol. The molecule has 1 aromatic heterocycles. The van der Waals surface area contributed by atoms with Crippen molar-refractivity contribution in [1.29, 1.82) is 0 Å². The van der Waals surface area contributed by atoms with Gasteiger partial charge in [0, 0.05) is 11.1 Å². The Morgan fingerprint density at radius 2 is 2.36 bits per heavy atom. The molecule has 1 heterocycles. The second-order valence-electron chi connectivity index (χ2n) is 1.63. The molecule has 0 amide bonds. The van der Waals surface area contributed by atoms with E-state index in [-0.39, 0.29) is 29.6 Å². The minimum Gasteiger partial charge on any atom is -0.792 e. The van der Waals surface area contributed by atoms with Gasteiger partial charge in [-0.05, 0) is 23.6 Å². The van der Waals surface area contributed by atoms with Crippen LogP contribution in [0.2, 0.25) is 0 Å². The fraction of sp³-hybridized carbons (Fsp3) is 0. The Morgan fingerprint density at radius 1 is 1.55 bits per heavy atom. The van der Waals surface area contributed by atoms with Crippen LogP contribution in [0.4, 0.5) is 0 Å². The van der Waals surface area contributed by atoms with Gasteiger partial charge in [-0.15, -0.1) is 11.3 Å². The van der Waals surface area contributed by atoms with Gasteiger partial charge in [-0.3, -0.25) is 0 Å². The Kier molecular flexibility index (Phi) is 6.56. The van der Waals surface area contributed by atoms with Crippen LogP contribution in [0, 0.1) is 5.21 Å². The quantitative estimate of drug-likeness (QED) is 0.334. The summed E-state index contributed by atoms with van der Waals surface area (Å²) in [5, 5.41) is 14.1. The summed E-state index contributed by atoms with van der Waals surface area (Å²) in [6.07, 6.45) is 4.69. The van der Waals surface area contributed by atoms with Crippen molar-refractivity contribution in [2.24, 2.45) is 5.16 Å². The van der Waals surface area contributed by atoms with E-state index in [1.807, 2.05) is 23.6 Å². The first-order valence-electron chi connectivity index (χ1n) is 2.79. The molecule has 0 bridgehead atoms. The Morgan fingerprint density at radius 3 is 2.91 bits per heavy atom. The molecular weight excluding hydrogens is 169 g/mol. The number of nitrogens with zero attached hydrogens (tertiary/aromatic N) is 1. The van der Waals surface area contributed by atoms with Gasteiger partial charge >= 0.3 is 29.6 Å². The van der Waals surface area contributed by atoms with Gasteiger partial charge in [-0.25, -0.2) is 0 Å². The molecule has 0 aliphatic heterocycles. The summed E-state index contributed by atoms with van der Waals surface area (Å²) >= 11 is 1.62. The second kappa shape index (κ2) is 6.61. The van der Waals surface area contributed by atoms with Gasteiger partial charge in [0.2, 0.25) is 0 Å². The van der Waals surface area contributed by atoms with Crippen molar-refractivity contribution < 1.29 is 29.6 Å². The zero-order valence-electron chi connectivity index (χ0n) is 6.23. The molecule has 0 spiro atoms. The topological polar surface area (TPSA) is 35.4 Å². The number of hydrogen-bond acceptors (Lipinski definition) is 3. The molecule has 0 aromatic carbocycles. The van der Waals surface area contributed by atoms with Gasteiger partial charge in [0.1, 0.15) is 0 Å². The fourth-order valence-corrected chi connectivity index (χ4v) is 1.19. The van der Waals surface area contributed by atoms with Crippen LogP contribution in [0.25, 0.3) is 6.08 Å². The number of allylic oxidation sites excluding steroid dienone is 1. The maximum Gasteiger partial charge on any atom is 1.00 e. The molecule has 52 valence electrons. The molecule has 0 atom stereocenters. The van der Waals surface area contributed by atoms with E-state index in [1.165, 1.54) is 6.21 Å². The van der Waals surface area contributed by atoms with E-state index in [0.29, 0.717) is 0 Å². The minimum atomic E-state index is 0. The molecule has 0 unspecified atom stereocenters. The monoisotopic (exact) mass is 175 g/mol. The summed E-state index contributed by atoms with van der Waals surface area (Å²) in [7, 11) is 0. The van der Waals surface area contributed by atoms with Gasteiger partial charge < -0.3 is 10.4 Å². The molecule has 11 heavy (non-hydrogen) atoms. The first-order chi connectivity index (χ1) is 4.93.